The third-order valence-corrected chi connectivity index (χ3v) is 3.30. The Morgan fingerprint density at radius 1 is 1.14 bits per heavy atom. The van der Waals surface area contributed by atoms with Crippen LogP contribution in [0.1, 0.15) is 13.3 Å². The molecule has 112 valence electrons. The first kappa shape index (κ1) is 15.2. The van der Waals surface area contributed by atoms with Crippen LogP contribution in [0.2, 0.25) is 0 Å². The van der Waals surface area contributed by atoms with E-state index in [1.165, 1.54) is 6.07 Å². The van der Waals surface area contributed by atoms with Gasteiger partial charge in [0.05, 0.1) is 12.3 Å². The predicted octanol–water partition coefficient (Wildman–Crippen LogP) is 3.70. The van der Waals surface area contributed by atoms with Crippen molar-refractivity contribution < 1.29 is 9.13 Å². The first-order chi connectivity index (χ1) is 10.2. The van der Waals surface area contributed by atoms with Crippen LogP contribution >= 0.6 is 0 Å². The second-order valence-electron chi connectivity index (χ2n) is 4.80. The molecule has 0 fully saturated rings. The van der Waals surface area contributed by atoms with Gasteiger partial charge in [0.1, 0.15) is 11.6 Å². The molecule has 3 nitrogen and oxygen atoms in total. The van der Waals surface area contributed by atoms with E-state index < -0.39 is 0 Å². The summed E-state index contributed by atoms with van der Waals surface area (Å²) in [5.41, 5.74) is 7.37. The third kappa shape index (κ3) is 4.38. The molecule has 0 heterocycles. The Bertz CT molecular complexity index is 574. The van der Waals surface area contributed by atoms with Gasteiger partial charge >= 0.3 is 0 Å². The highest BCUT2D eigenvalue weighted by molar-refractivity contribution is 5.51. The number of nitrogens with two attached hydrogens (primary N) is 1. The molecule has 2 rings (SSSR count). The largest absolute Gasteiger partial charge is 0.491 e. The maximum Gasteiger partial charge on any atom is 0.142 e. The average Bonchev–Trinajstić information content (AvgIpc) is 2.49. The Hall–Kier alpha value is -2.23. The average molecular weight is 288 g/mol. The van der Waals surface area contributed by atoms with Crippen LogP contribution in [0.15, 0.2) is 48.5 Å². The lowest BCUT2D eigenvalue weighted by molar-refractivity contribution is 0.313. The molecule has 0 saturated heterocycles. The monoisotopic (exact) mass is 288 g/mol. The first-order valence-corrected chi connectivity index (χ1v) is 7.18. The Balaban J connectivity index is 1.83. The summed E-state index contributed by atoms with van der Waals surface area (Å²) in [6, 6.07) is 14.1. The number of anilines is 2. The molecule has 0 aliphatic carbocycles. The van der Waals surface area contributed by atoms with Crippen molar-refractivity contribution >= 4 is 11.4 Å². The van der Waals surface area contributed by atoms with Crippen molar-refractivity contribution in [3.8, 4) is 5.75 Å². The fourth-order valence-corrected chi connectivity index (χ4v) is 2.19. The molecule has 2 aromatic carbocycles. The minimum Gasteiger partial charge on any atom is -0.491 e. The molecule has 0 bridgehead atoms. The van der Waals surface area contributed by atoms with Gasteiger partial charge in [0, 0.05) is 18.8 Å². The fraction of sp³-hybridized carbons (Fsp3) is 0.294. The maximum absolute atomic E-state index is 13.3. The summed E-state index contributed by atoms with van der Waals surface area (Å²) in [5.74, 6) is 0.505. The third-order valence-electron chi connectivity index (χ3n) is 3.30. The van der Waals surface area contributed by atoms with E-state index in [0.717, 1.165) is 25.2 Å². The van der Waals surface area contributed by atoms with Crippen LogP contribution in [-0.4, -0.2) is 19.7 Å². The van der Waals surface area contributed by atoms with Gasteiger partial charge < -0.3 is 15.4 Å². The molecule has 0 spiro atoms. The van der Waals surface area contributed by atoms with Crippen LogP contribution in [0.5, 0.6) is 5.75 Å². The van der Waals surface area contributed by atoms with Crippen molar-refractivity contribution in [3.05, 3.63) is 54.3 Å². The molecular weight excluding hydrogens is 267 g/mol. The van der Waals surface area contributed by atoms with Crippen molar-refractivity contribution in [1.82, 2.24) is 0 Å². The highest BCUT2D eigenvalue weighted by atomic mass is 19.1. The zero-order valence-electron chi connectivity index (χ0n) is 12.3. The van der Waals surface area contributed by atoms with Crippen LogP contribution in [0.3, 0.4) is 0 Å². The van der Waals surface area contributed by atoms with E-state index in [0.29, 0.717) is 18.0 Å². The van der Waals surface area contributed by atoms with Crippen molar-refractivity contribution in [2.45, 2.75) is 13.3 Å². The minimum atomic E-state index is -0.209. The van der Waals surface area contributed by atoms with Crippen molar-refractivity contribution in [2.75, 3.05) is 30.3 Å². The zero-order valence-corrected chi connectivity index (χ0v) is 12.3. The quantitative estimate of drug-likeness (QED) is 0.623. The Labute approximate surface area is 125 Å². The van der Waals surface area contributed by atoms with Gasteiger partial charge in [-0.25, -0.2) is 4.39 Å². The van der Waals surface area contributed by atoms with Gasteiger partial charge in [-0.1, -0.05) is 18.2 Å². The topological polar surface area (TPSA) is 38.5 Å². The Kier molecular flexibility index (Phi) is 5.43. The van der Waals surface area contributed by atoms with E-state index in [-0.39, 0.29) is 5.82 Å². The summed E-state index contributed by atoms with van der Waals surface area (Å²) in [6.07, 6.45) is 0.846. The van der Waals surface area contributed by atoms with Crippen molar-refractivity contribution in [1.29, 1.82) is 0 Å². The van der Waals surface area contributed by atoms with Gasteiger partial charge in [-0.15, -0.1) is 0 Å². The van der Waals surface area contributed by atoms with Crippen LogP contribution in [0.4, 0.5) is 15.8 Å². The number of para-hydroxylation sites is 2. The van der Waals surface area contributed by atoms with E-state index in [1.54, 1.807) is 12.1 Å². The van der Waals surface area contributed by atoms with E-state index in [2.05, 4.69) is 11.8 Å². The number of rotatable bonds is 7. The van der Waals surface area contributed by atoms with Gasteiger partial charge in [-0.3, -0.25) is 0 Å². The van der Waals surface area contributed by atoms with Crippen LogP contribution in [-0.2, 0) is 0 Å². The molecule has 0 saturated carbocycles. The fourth-order valence-electron chi connectivity index (χ4n) is 2.19. The summed E-state index contributed by atoms with van der Waals surface area (Å²) in [5, 5.41) is 0. The number of halogens is 1. The Morgan fingerprint density at radius 2 is 1.95 bits per heavy atom. The number of nitrogen functional groups attached to an aromatic ring is 1. The lowest BCUT2D eigenvalue weighted by atomic mass is 10.2. The van der Waals surface area contributed by atoms with E-state index in [4.69, 9.17) is 10.5 Å². The molecule has 0 aliphatic rings. The summed E-state index contributed by atoms with van der Waals surface area (Å²) in [6.45, 7) is 4.28. The van der Waals surface area contributed by atoms with Crippen LogP contribution in [0, 0.1) is 5.82 Å². The summed E-state index contributed by atoms with van der Waals surface area (Å²) in [7, 11) is 0. The molecule has 21 heavy (non-hydrogen) atoms. The summed E-state index contributed by atoms with van der Waals surface area (Å²) >= 11 is 0. The van der Waals surface area contributed by atoms with Crippen molar-refractivity contribution in [2.24, 2.45) is 0 Å². The van der Waals surface area contributed by atoms with Gasteiger partial charge in [0.15, 0.2) is 0 Å². The zero-order chi connectivity index (χ0) is 15.1. The summed E-state index contributed by atoms with van der Waals surface area (Å²) in [4.78, 5) is 2.13. The lowest BCUT2D eigenvalue weighted by Crippen LogP contribution is -2.25. The smallest absolute Gasteiger partial charge is 0.142 e. The molecule has 0 atom stereocenters. The number of benzene rings is 2. The van der Waals surface area contributed by atoms with E-state index in [1.807, 2.05) is 30.3 Å². The SMILES string of the molecule is CCN(CCCOc1ccccc1N)c1cccc(F)c1. The highest BCUT2D eigenvalue weighted by Gasteiger charge is 2.05. The predicted molar refractivity (Wildman–Crippen MR) is 85.3 cm³/mol. The standard InChI is InChI=1S/C17H21FN2O/c1-2-20(15-8-5-7-14(18)13-15)11-6-12-21-17-10-4-3-9-16(17)19/h3-5,7-10,13H,2,6,11-12,19H2,1H3. The molecule has 0 aromatic heterocycles. The summed E-state index contributed by atoms with van der Waals surface area (Å²) < 4.78 is 18.9. The molecular formula is C17H21FN2O. The number of ether oxygens (including phenoxy) is 1. The maximum atomic E-state index is 13.3. The van der Waals surface area contributed by atoms with E-state index in [9.17, 15) is 4.39 Å². The Morgan fingerprint density at radius 3 is 2.67 bits per heavy atom. The van der Waals surface area contributed by atoms with E-state index >= 15 is 0 Å². The van der Waals surface area contributed by atoms with Crippen LogP contribution in [0.25, 0.3) is 0 Å². The number of hydrogen-bond donors (Lipinski definition) is 1. The van der Waals surface area contributed by atoms with Gasteiger partial charge in [0.25, 0.3) is 0 Å². The van der Waals surface area contributed by atoms with Crippen LogP contribution < -0.4 is 15.4 Å². The molecule has 0 amide bonds. The molecule has 0 unspecified atom stereocenters. The normalized spacial score (nSPS) is 10.4. The highest BCUT2D eigenvalue weighted by Crippen LogP contribution is 2.20. The molecule has 2 N–H and O–H groups in total. The second kappa shape index (κ2) is 7.53. The second-order valence-corrected chi connectivity index (χ2v) is 4.80. The number of nitrogens with zero attached hydrogens (tertiary/aromatic N) is 1. The van der Waals surface area contributed by atoms with Gasteiger partial charge in [0.2, 0.25) is 0 Å². The van der Waals surface area contributed by atoms with Crippen molar-refractivity contribution in [3.63, 3.8) is 0 Å². The number of hydrogen-bond acceptors (Lipinski definition) is 3. The molecule has 2 aromatic rings. The van der Waals surface area contributed by atoms with Gasteiger partial charge in [-0.2, -0.15) is 0 Å². The minimum absolute atomic E-state index is 0.209. The van der Waals surface area contributed by atoms with Gasteiger partial charge in [-0.05, 0) is 43.7 Å². The molecule has 0 radical (unpaired) electrons. The lowest BCUT2D eigenvalue weighted by Gasteiger charge is -2.23. The molecule has 0 aliphatic heterocycles. The first-order valence-electron chi connectivity index (χ1n) is 7.18. The molecule has 4 heteroatoms.